The molecule has 0 radical (unpaired) electrons. The number of aromatic nitrogens is 1. The van der Waals surface area contributed by atoms with Gasteiger partial charge >= 0.3 is 0 Å². The summed E-state index contributed by atoms with van der Waals surface area (Å²) in [6.07, 6.45) is 0. The minimum Gasteiger partial charge on any atom is -0.378 e. The predicted octanol–water partition coefficient (Wildman–Crippen LogP) is 2.52. The van der Waals surface area contributed by atoms with Crippen LogP contribution in [0.2, 0.25) is 0 Å². The van der Waals surface area contributed by atoms with Crippen LogP contribution >= 0.6 is 11.3 Å². The molecule has 2 rings (SSSR count). The molecule has 0 aliphatic carbocycles. The lowest BCUT2D eigenvalue weighted by molar-refractivity contribution is 0.184. The molecule has 0 spiro atoms. The maximum Gasteiger partial charge on any atom is 0.193 e. The highest BCUT2D eigenvalue weighted by Crippen LogP contribution is 2.12. The molecular weight excluding hydrogens is 272 g/mol. The van der Waals surface area contributed by atoms with Crippen LogP contribution in [0.5, 0.6) is 0 Å². The van der Waals surface area contributed by atoms with Crippen LogP contribution in [0.4, 0.5) is 5.69 Å². The number of methoxy groups -OCH3 is 1. The maximum absolute atomic E-state index is 5.86. The van der Waals surface area contributed by atoms with Crippen molar-refractivity contribution in [1.29, 1.82) is 0 Å². The summed E-state index contributed by atoms with van der Waals surface area (Å²) < 4.78 is 5.03. The quantitative estimate of drug-likeness (QED) is 0.655. The van der Waals surface area contributed by atoms with Gasteiger partial charge in [-0.2, -0.15) is 0 Å². The van der Waals surface area contributed by atoms with E-state index in [1.807, 2.05) is 36.6 Å². The normalized spacial score (nSPS) is 11.6. The highest BCUT2D eigenvalue weighted by molar-refractivity contribution is 7.09. The highest BCUT2D eigenvalue weighted by Gasteiger charge is 2.01. The molecule has 0 saturated heterocycles. The zero-order valence-electron chi connectivity index (χ0n) is 11.6. The van der Waals surface area contributed by atoms with Gasteiger partial charge in [0.25, 0.3) is 0 Å². The predicted molar refractivity (Wildman–Crippen MR) is 83.0 cm³/mol. The number of guanidine groups is 1. The van der Waals surface area contributed by atoms with Gasteiger partial charge in [0, 0.05) is 18.2 Å². The Morgan fingerprint density at radius 1 is 1.50 bits per heavy atom. The molecule has 1 aromatic heterocycles. The average molecular weight is 290 g/mol. The van der Waals surface area contributed by atoms with Gasteiger partial charge in [-0.1, -0.05) is 12.1 Å². The van der Waals surface area contributed by atoms with Crippen molar-refractivity contribution in [2.75, 3.05) is 12.4 Å². The monoisotopic (exact) mass is 290 g/mol. The lowest BCUT2D eigenvalue weighted by Crippen LogP contribution is -2.22. The number of nitrogens with two attached hydrogens (primary N) is 1. The Morgan fingerprint density at radius 3 is 3.10 bits per heavy atom. The van der Waals surface area contributed by atoms with Crippen LogP contribution in [0.1, 0.15) is 16.3 Å². The van der Waals surface area contributed by atoms with Gasteiger partial charge in [0.15, 0.2) is 5.96 Å². The number of nitrogens with one attached hydrogen (secondary N) is 1. The molecule has 1 aromatic carbocycles. The highest BCUT2D eigenvalue weighted by atomic mass is 32.1. The number of nitrogens with zero attached hydrogens (tertiary/aromatic N) is 2. The molecule has 1 heterocycles. The molecule has 2 aromatic rings. The summed E-state index contributed by atoms with van der Waals surface area (Å²) in [5.74, 6) is 0.386. The van der Waals surface area contributed by atoms with Crippen LogP contribution in [0.25, 0.3) is 0 Å². The molecule has 106 valence electrons. The molecule has 0 fully saturated rings. The number of thiazole rings is 1. The second-order valence-corrected chi connectivity index (χ2v) is 5.30. The number of ether oxygens (including phenoxy) is 1. The van der Waals surface area contributed by atoms with E-state index in [1.54, 1.807) is 18.4 Å². The Bertz CT molecular complexity index is 594. The molecule has 0 atom stereocenters. The fraction of sp³-hybridized carbons (Fsp3) is 0.286. The lowest BCUT2D eigenvalue weighted by Gasteiger charge is -2.05. The number of aliphatic imine (C=N–C) groups is 1. The summed E-state index contributed by atoms with van der Waals surface area (Å²) in [5.41, 5.74) is 8.87. The maximum atomic E-state index is 5.86. The lowest BCUT2D eigenvalue weighted by atomic mass is 10.2. The number of anilines is 1. The summed E-state index contributed by atoms with van der Waals surface area (Å²) in [7, 11) is 1.66. The van der Waals surface area contributed by atoms with Gasteiger partial charge in [-0.05, 0) is 24.6 Å². The van der Waals surface area contributed by atoms with E-state index in [0.29, 0.717) is 19.1 Å². The standard InChI is InChI=1S/C14H18N4OS/c1-10-4-3-5-11(6-10)18-14(15)16-7-12-9-20-13(17-12)8-19-2/h3-6,9H,7-8H2,1-2H3,(H3,15,16,18). The van der Waals surface area contributed by atoms with E-state index in [9.17, 15) is 0 Å². The first-order chi connectivity index (χ1) is 9.67. The Kier molecular flexibility index (Phi) is 5.09. The van der Waals surface area contributed by atoms with E-state index in [1.165, 1.54) is 5.56 Å². The summed E-state index contributed by atoms with van der Waals surface area (Å²) in [4.78, 5) is 8.68. The number of rotatable bonds is 5. The van der Waals surface area contributed by atoms with Gasteiger partial charge in [0.1, 0.15) is 5.01 Å². The van der Waals surface area contributed by atoms with Crippen molar-refractivity contribution in [3.05, 3.63) is 45.9 Å². The van der Waals surface area contributed by atoms with Gasteiger partial charge in [0.05, 0.1) is 18.8 Å². The van der Waals surface area contributed by atoms with Crippen molar-refractivity contribution in [3.63, 3.8) is 0 Å². The Labute approximate surface area is 122 Å². The van der Waals surface area contributed by atoms with Gasteiger partial charge in [-0.3, -0.25) is 0 Å². The van der Waals surface area contributed by atoms with E-state index in [2.05, 4.69) is 15.3 Å². The van der Waals surface area contributed by atoms with Crippen molar-refractivity contribution in [2.45, 2.75) is 20.1 Å². The van der Waals surface area contributed by atoms with Crippen molar-refractivity contribution < 1.29 is 4.74 Å². The van der Waals surface area contributed by atoms with Gasteiger partial charge < -0.3 is 15.8 Å². The summed E-state index contributed by atoms with van der Waals surface area (Å²) in [5, 5.41) is 5.98. The van der Waals surface area contributed by atoms with Gasteiger partial charge in [-0.25, -0.2) is 9.98 Å². The Morgan fingerprint density at radius 2 is 2.35 bits per heavy atom. The molecule has 5 nitrogen and oxygen atoms in total. The molecular formula is C14H18N4OS. The summed E-state index contributed by atoms with van der Waals surface area (Å²) >= 11 is 1.57. The third-order valence-electron chi connectivity index (χ3n) is 2.57. The average Bonchev–Trinajstić information content (AvgIpc) is 2.85. The third-order valence-corrected chi connectivity index (χ3v) is 3.44. The van der Waals surface area contributed by atoms with Crippen molar-refractivity contribution >= 4 is 23.0 Å². The molecule has 0 aliphatic heterocycles. The number of benzene rings is 1. The fourth-order valence-electron chi connectivity index (χ4n) is 1.69. The minimum absolute atomic E-state index is 0.386. The SMILES string of the molecule is COCc1nc(CN=C(N)Nc2cccc(C)c2)cs1. The van der Waals surface area contributed by atoms with Crippen LogP contribution in [0.3, 0.4) is 0 Å². The molecule has 20 heavy (non-hydrogen) atoms. The number of aryl methyl sites for hydroxylation is 1. The van der Waals surface area contributed by atoms with Crippen LogP contribution in [-0.4, -0.2) is 18.1 Å². The largest absolute Gasteiger partial charge is 0.378 e. The summed E-state index contributed by atoms with van der Waals surface area (Å²) in [6, 6.07) is 7.98. The first kappa shape index (κ1) is 14.5. The molecule has 6 heteroatoms. The second-order valence-electron chi connectivity index (χ2n) is 4.36. The minimum atomic E-state index is 0.386. The summed E-state index contributed by atoms with van der Waals surface area (Å²) in [6.45, 7) is 3.03. The molecule has 0 bridgehead atoms. The molecule has 0 amide bonds. The first-order valence-corrected chi connectivity index (χ1v) is 7.11. The second kappa shape index (κ2) is 7.02. The van der Waals surface area contributed by atoms with Crippen LogP contribution in [0.15, 0.2) is 34.6 Å². The third kappa shape index (κ3) is 4.32. The van der Waals surface area contributed by atoms with E-state index in [0.717, 1.165) is 16.4 Å². The molecule has 0 aliphatic rings. The van der Waals surface area contributed by atoms with Crippen molar-refractivity contribution in [1.82, 2.24) is 4.98 Å². The Hall–Kier alpha value is -1.92. The van der Waals surface area contributed by atoms with Crippen LogP contribution in [0, 0.1) is 6.92 Å². The van der Waals surface area contributed by atoms with Crippen LogP contribution < -0.4 is 11.1 Å². The molecule has 3 N–H and O–H groups in total. The van der Waals surface area contributed by atoms with E-state index >= 15 is 0 Å². The van der Waals surface area contributed by atoms with Gasteiger partial charge in [-0.15, -0.1) is 11.3 Å². The van der Waals surface area contributed by atoms with E-state index in [-0.39, 0.29) is 0 Å². The van der Waals surface area contributed by atoms with Crippen molar-refractivity contribution in [3.8, 4) is 0 Å². The molecule has 0 saturated carbocycles. The fourth-order valence-corrected chi connectivity index (χ4v) is 2.44. The number of hydrogen-bond acceptors (Lipinski definition) is 4. The molecule has 0 unspecified atom stereocenters. The van der Waals surface area contributed by atoms with Gasteiger partial charge in [0.2, 0.25) is 0 Å². The number of hydrogen-bond donors (Lipinski definition) is 2. The van der Waals surface area contributed by atoms with E-state index in [4.69, 9.17) is 10.5 Å². The zero-order valence-corrected chi connectivity index (χ0v) is 12.4. The first-order valence-electron chi connectivity index (χ1n) is 6.23. The smallest absolute Gasteiger partial charge is 0.193 e. The van der Waals surface area contributed by atoms with Crippen molar-refractivity contribution in [2.24, 2.45) is 10.7 Å². The Balaban J connectivity index is 1.93. The van der Waals surface area contributed by atoms with E-state index < -0.39 is 0 Å². The zero-order chi connectivity index (χ0) is 14.4. The topological polar surface area (TPSA) is 72.5 Å². The van der Waals surface area contributed by atoms with Crippen LogP contribution in [-0.2, 0) is 17.9 Å².